The first kappa shape index (κ1) is 30.7. The molecule has 0 aromatic heterocycles. The monoisotopic (exact) mass is 526 g/mol. The van der Waals surface area contributed by atoms with E-state index in [4.69, 9.17) is 0 Å². The summed E-state index contributed by atoms with van der Waals surface area (Å²) in [6, 6.07) is 28.9. The largest absolute Gasteiger partial charge is 1.00 e. The lowest BCUT2D eigenvalue weighted by Gasteiger charge is -2.26. The molecule has 0 fully saturated rings. The Labute approximate surface area is 225 Å². The number of aromatic hydroxyl groups is 4. The third-order valence-corrected chi connectivity index (χ3v) is 6.36. The fourth-order valence-electron chi connectivity index (χ4n) is 3.85. The van der Waals surface area contributed by atoms with Crippen LogP contribution >= 0.6 is 0 Å². The molecule has 0 bridgehead atoms. The highest BCUT2D eigenvalue weighted by molar-refractivity contribution is 5.42. The van der Waals surface area contributed by atoms with Crippen molar-refractivity contribution in [2.24, 2.45) is 0 Å². The molecule has 0 saturated carbocycles. The molecule has 6 heteroatoms. The van der Waals surface area contributed by atoms with Crippen molar-refractivity contribution in [3.05, 3.63) is 119 Å². The number of rotatable bonds is 4. The van der Waals surface area contributed by atoms with E-state index in [1.54, 1.807) is 48.5 Å². The molecule has 0 aliphatic rings. The van der Waals surface area contributed by atoms with Gasteiger partial charge in [0, 0.05) is 10.8 Å². The number of hydrogen-bond acceptors (Lipinski definition) is 4. The van der Waals surface area contributed by atoms with E-state index in [0.717, 1.165) is 22.3 Å². The molecule has 0 radical (unpaired) electrons. The van der Waals surface area contributed by atoms with E-state index in [1.165, 1.54) is 0 Å². The van der Waals surface area contributed by atoms with Gasteiger partial charge in [0.2, 0.25) is 0 Å². The maximum atomic E-state index is 9.30. The average Bonchev–Trinajstić information content (AvgIpc) is 2.81. The third kappa shape index (κ3) is 7.33. The molecule has 0 atom stereocenters. The molecule has 0 aliphatic heterocycles. The van der Waals surface area contributed by atoms with Crippen molar-refractivity contribution in [3.63, 3.8) is 0 Å². The van der Waals surface area contributed by atoms with Crippen molar-refractivity contribution in [1.29, 1.82) is 0 Å². The summed E-state index contributed by atoms with van der Waals surface area (Å²) in [4.78, 5) is 0. The molecule has 4 aromatic carbocycles. The Balaban J connectivity index is 0.000000341. The third-order valence-electron chi connectivity index (χ3n) is 6.36. The zero-order valence-corrected chi connectivity index (χ0v) is 22.3. The summed E-state index contributed by atoms with van der Waals surface area (Å²) >= 11 is 0. The number of phenols is 4. The first-order valence-electron chi connectivity index (χ1n) is 11.2. The van der Waals surface area contributed by atoms with Crippen LogP contribution in [0, 0.1) is 0 Å². The van der Waals surface area contributed by atoms with Gasteiger partial charge in [-0.25, -0.2) is 0 Å². The summed E-state index contributed by atoms with van der Waals surface area (Å²) in [7, 11) is 0. The molecule has 4 aromatic rings. The quantitative estimate of drug-likeness (QED) is 0.318. The molecule has 4 nitrogen and oxygen atoms in total. The molecule has 4 rings (SSSR count). The van der Waals surface area contributed by atoms with Crippen LogP contribution < -0.4 is 24.8 Å². The number of phenolic OH excluding ortho intramolecular Hbond substituents is 4. The van der Waals surface area contributed by atoms with Gasteiger partial charge in [-0.2, -0.15) is 0 Å². The van der Waals surface area contributed by atoms with Crippen molar-refractivity contribution in [2.75, 3.05) is 0 Å². The Bertz CT molecular complexity index is 1010. The van der Waals surface area contributed by atoms with E-state index in [2.05, 4.69) is 27.7 Å². The average molecular weight is 527 g/mol. The first-order valence-corrected chi connectivity index (χ1v) is 11.2. The minimum Gasteiger partial charge on any atom is -1.00 e. The fraction of sp³-hybridized carbons (Fsp3) is 0.200. The zero-order chi connectivity index (χ0) is 24.9. The molecule has 0 saturated heterocycles. The Hall–Kier alpha value is -3.34. The van der Waals surface area contributed by atoms with E-state index in [9.17, 15) is 20.4 Å². The van der Waals surface area contributed by atoms with Gasteiger partial charge in [-0.3, -0.25) is 0 Å². The van der Waals surface area contributed by atoms with E-state index >= 15 is 0 Å². The van der Waals surface area contributed by atoms with E-state index in [-0.39, 0.29) is 58.6 Å². The SMILES string of the molecule is CC(C)(c1ccc(O)cc1)c1ccc(O)cc1.CC(C)(c1ccc(O)cc1)c1ccc(O)cc1.[Cl-].[Cl-]. The molecule has 0 heterocycles. The summed E-state index contributed by atoms with van der Waals surface area (Å²) in [6.45, 7) is 8.47. The number of halogens is 2. The van der Waals surface area contributed by atoms with Gasteiger partial charge in [-0.15, -0.1) is 0 Å². The van der Waals surface area contributed by atoms with Gasteiger partial charge in [0.15, 0.2) is 0 Å². The predicted molar refractivity (Wildman–Crippen MR) is 137 cm³/mol. The highest BCUT2D eigenvalue weighted by Crippen LogP contribution is 2.34. The van der Waals surface area contributed by atoms with E-state index < -0.39 is 0 Å². The van der Waals surface area contributed by atoms with E-state index in [0.29, 0.717) is 0 Å². The standard InChI is InChI=1S/2C15H16O2.2ClH/c2*1-15(2,11-3-7-13(16)8-4-11)12-5-9-14(17)10-6-12;;/h2*3-10,16-17H,1-2H3;2*1H/p-2. The van der Waals surface area contributed by atoms with Crippen LogP contribution in [0.25, 0.3) is 0 Å². The zero-order valence-electron chi connectivity index (χ0n) is 20.8. The highest BCUT2D eigenvalue weighted by Gasteiger charge is 2.23. The minimum atomic E-state index is -0.151. The van der Waals surface area contributed by atoms with Gasteiger partial charge in [0.05, 0.1) is 0 Å². The van der Waals surface area contributed by atoms with Gasteiger partial charge in [0.25, 0.3) is 0 Å². The molecule has 0 unspecified atom stereocenters. The number of hydrogen-bond donors (Lipinski definition) is 4. The van der Waals surface area contributed by atoms with Crippen molar-refractivity contribution < 1.29 is 45.2 Å². The topological polar surface area (TPSA) is 80.9 Å². The molecule has 36 heavy (non-hydrogen) atoms. The van der Waals surface area contributed by atoms with Gasteiger partial charge < -0.3 is 45.2 Å². The van der Waals surface area contributed by atoms with Crippen LogP contribution in [-0.4, -0.2) is 20.4 Å². The maximum Gasteiger partial charge on any atom is 0.115 e. The lowest BCUT2D eigenvalue weighted by atomic mass is 9.78. The van der Waals surface area contributed by atoms with Crippen molar-refractivity contribution in [3.8, 4) is 23.0 Å². The fourth-order valence-corrected chi connectivity index (χ4v) is 3.85. The van der Waals surface area contributed by atoms with Crippen LogP contribution in [-0.2, 0) is 10.8 Å². The van der Waals surface area contributed by atoms with Crippen LogP contribution in [0.3, 0.4) is 0 Å². The summed E-state index contributed by atoms with van der Waals surface area (Å²) < 4.78 is 0. The Morgan fingerprint density at radius 2 is 0.472 bits per heavy atom. The molecule has 0 amide bonds. The number of benzene rings is 4. The lowest BCUT2D eigenvalue weighted by molar-refractivity contribution is -0.001000. The Kier molecular flexibility index (Phi) is 10.7. The van der Waals surface area contributed by atoms with Crippen molar-refractivity contribution >= 4 is 0 Å². The molecule has 4 N–H and O–H groups in total. The molecule has 192 valence electrons. The minimum absolute atomic E-state index is 0. The van der Waals surface area contributed by atoms with Crippen LogP contribution in [0.5, 0.6) is 23.0 Å². The second kappa shape index (κ2) is 12.6. The molecule has 0 spiro atoms. The van der Waals surface area contributed by atoms with Gasteiger partial charge in [0.1, 0.15) is 23.0 Å². The van der Waals surface area contributed by atoms with Crippen LogP contribution in [0.2, 0.25) is 0 Å². The summed E-state index contributed by atoms with van der Waals surface area (Å²) in [5, 5.41) is 37.2. The van der Waals surface area contributed by atoms with Gasteiger partial charge in [-0.1, -0.05) is 76.2 Å². The van der Waals surface area contributed by atoms with Crippen LogP contribution in [0.4, 0.5) is 0 Å². The normalized spacial score (nSPS) is 10.8. The van der Waals surface area contributed by atoms with E-state index in [1.807, 2.05) is 48.5 Å². The Morgan fingerprint density at radius 3 is 0.611 bits per heavy atom. The van der Waals surface area contributed by atoms with Gasteiger partial charge in [-0.05, 0) is 70.8 Å². The first-order chi connectivity index (χ1) is 16.0. The highest BCUT2D eigenvalue weighted by atomic mass is 35.5. The second-order valence-electron chi connectivity index (χ2n) is 9.44. The molecular weight excluding hydrogens is 495 g/mol. The van der Waals surface area contributed by atoms with Crippen LogP contribution in [0.15, 0.2) is 97.1 Å². The molecular formula is C30H32Cl2O4-2. The summed E-state index contributed by atoms with van der Waals surface area (Å²) in [5.74, 6) is 1.09. The summed E-state index contributed by atoms with van der Waals surface area (Å²) in [5.41, 5.74) is 4.20. The van der Waals surface area contributed by atoms with Crippen LogP contribution in [0.1, 0.15) is 49.9 Å². The Morgan fingerprint density at radius 1 is 0.333 bits per heavy atom. The maximum absolute atomic E-state index is 9.30. The summed E-state index contributed by atoms with van der Waals surface area (Å²) in [6.07, 6.45) is 0. The van der Waals surface area contributed by atoms with Crippen molar-refractivity contribution in [2.45, 2.75) is 38.5 Å². The van der Waals surface area contributed by atoms with Crippen molar-refractivity contribution in [1.82, 2.24) is 0 Å². The second-order valence-corrected chi connectivity index (χ2v) is 9.44. The predicted octanol–water partition coefficient (Wildman–Crippen LogP) is 0.855. The molecule has 0 aliphatic carbocycles. The lowest BCUT2D eigenvalue weighted by Crippen LogP contribution is -3.00. The van der Waals surface area contributed by atoms with Gasteiger partial charge >= 0.3 is 0 Å². The smallest absolute Gasteiger partial charge is 0.115 e.